The highest BCUT2D eigenvalue weighted by molar-refractivity contribution is 6.31. The molecule has 1 atom stereocenters. The fourth-order valence-electron chi connectivity index (χ4n) is 4.00. The number of nitrogens with two attached hydrogens (primary N) is 1. The van der Waals surface area contributed by atoms with E-state index in [0.29, 0.717) is 22.6 Å². The second kappa shape index (κ2) is 9.12. The second-order valence-corrected chi connectivity index (χ2v) is 8.21. The van der Waals surface area contributed by atoms with Gasteiger partial charge in [-0.15, -0.1) is 5.10 Å². The number of benzene rings is 3. The number of hydrogen-bond acceptors (Lipinski definition) is 5. The van der Waals surface area contributed by atoms with Gasteiger partial charge in [0.25, 0.3) is 0 Å². The van der Waals surface area contributed by atoms with Crippen LogP contribution >= 0.6 is 11.6 Å². The minimum Gasteiger partial charge on any atom is -0.489 e. The third-order valence-corrected chi connectivity index (χ3v) is 6.08. The lowest BCUT2D eigenvalue weighted by molar-refractivity contribution is 0.300. The van der Waals surface area contributed by atoms with Gasteiger partial charge in [-0.2, -0.15) is 5.26 Å². The van der Waals surface area contributed by atoms with E-state index in [4.69, 9.17) is 26.8 Å². The van der Waals surface area contributed by atoms with Gasteiger partial charge in [-0.1, -0.05) is 29.8 Å². The number of fused-ring (bicyclic) bond motifs is 1. The van der Waals surface area contributed by atoms with Gasteiger partial charge in [-0.25, -0.2) is 8.78 Å². The number of allylic oxidation sites excluding steroid dienone is 1. The second-order valence-electron chi connectivity index (χ2n) is 7.81. The molecule has 0 unspecified atom stereocenters. The van der Waals surface area contributed by atoms with E-state index in [1.165, 1.54) is 24.3 Å². The Hall–Kier alpha value is -4.35. The summed E-state index contributed by atoms with van der Waals surface area (Å²) in [6.07, 6.45) is 0. The van der Waals surface area contributed by atoms with Crippen LogP contribution < -0.4 is 15.2 Å². The normalized spacial score (nSPS) is 14.7. The largest absolute Gasteiger partial charge is 0.489 e. The molecule has 0 saturated carbocycles. The quantitative estimate of drug-likeness (QED) is 0.368. The number of H-pyrrole nitrogens is 1. The molecule has 5 rings (SSSR count). The number of nitrogens with one attached hydrogen (secondary N) is 1. The van der Waals surface area contributed by atoms with Gasteiger partial charge in [0.1, 0.15) is 35.6 Å². The standard InChI is InChI=1S/C26H17ClF2N4O2/c27-20-2-1-3-21(29)19(20)13-34-17-10-6-14(7-11-17)22-18(12-30)25(31)35-26-23(22)24(32-33-26)15-4-8-16(28)9-5-15/h1-11,22H,13,31H2,(H,32,33)/t22-/m1/s1. The smallest absolute Gasteiger partial charge is 0.244 e. The molecule has 0 fully saturated rings. The highest BCUT2D eigenvalue weighted by atomic mass is 35.5. The highest BCUT2D eigenvalue weighted by Gasteiger charge is 2.35. The van der Waals surface area contributed by atoms with Crippen LogP contribution in [0.3, 0.4) is 0 Å². The molecule has 9 heteroatoms. The minimum absolute atomic E-state index is 0.0426. The molecule has 0 amide bonds. The maximum atomic E-state index is 14.0. The van der Waals surface area contributed by atoms with E-state index < -0.39 is 11.7 Å². The average molecular weight is 491 g/mol. The summed E-state index contributed by atoms with van der Waals surface area (Å²) in [5, 5.41) is 17.3. The molecule has 174 valence electrons. The van der Waals surface area contributed by atoms with E-state index >= 15 is 0 Å². The van der Waals surface area contributed by atoms with Gasteiger partial charge in [0.05, 0.1) is 22.2 Å². The lowest BCUT2D eigenvalue weighted by atomic mass is 9.83. The maximum absolute atomic E-state index is 14.0. The first-order valence-electron chi connectivity index (χ1n) is 10.5. The van der Waals surface area contributed by atoms with Gasteiger partial charge in [0.2, 0.25) is 11.8 Å². The first-order valence-corrected chi connectivity index (χ1v) is 10.9. The summed E-state index contributed by atoms with van der Waals surface area (Å²) in [5.74, 6) is -0.725. The maximum Gasteiger partial charge on any atom is 0.244 e. The van der Waals surface area contributed by atoms with Gasteiger partial charge < -0.3 is 15.2 Å². The van der Waals surface area contributed by atoms with Crippen LogP contribution in [0.15, 0.2) is 78.2 Å². The summed E-state index contributed by atoms with van der Waals surface area (Å²) in [7, 11) is 0. The van der Waals surface area contributed by atoms with Gasteiger partial charge >= 0.3 is 0 Å². The summed E-state index contributed by atoms with van der Waals surface area (Å²) >= 11 is 6.07. The molecule has 0 spiro atoms. The van der Waals surface area contributed by atoms with Crippen molar-refractivity contribution in [1.29, 1.82) is 5.26 Å². The number of hydrogen-bond donors (Lipinski definition) is 2. The summed E-state index contributed by atoms with van der Waals surface area (Å²) in [6, 6.07) is 19.5. The van der Waals surface area contributed by atoms with E-state index in [-0.39, 0.29) is 40.3 Å². The number of nitriles is 1. The Balaban J connectivity index is 1.49. The summed E-state index contributed by atoms with van der Waals surface area (Å²) in [6.45, 7) is -0.0426. The van der Waals surface area contributed by atoms with E-state index in [1.54, 1.807) is 42.5 Å². The fourth-order valence-corrected chi connectivity index (χ4v) is 4.21. The monoisotopic (exact) mass is 490 g/mol. The number of rotatable bonds is 5. The van der Waals surface area contributed by atoms with Crippen molar-refractivity contribution in [2.45, 2.75) is 12.5 Å². The van der Waals surface area contributed by atoms with E-state index in [1.807, 2.05) is 0 Å². The van der Waals surface area contributed by atoms with E-state index in [9.17, 15) is 14.0 Å². The molecule has 0 saturated heterocycles. The molecule has 4 aromatic rings. The Labute approximate surface area is 204 Å². The molecule has 1 aliphatic heterocycles. The average Bonchev–Trinajstić information content (AvgIpc) is 3.27. The van der Waals surface area contributed by atoms with Crippen LogP contribution in [0.2, 0.25) is 5.02 Å². The zero-order chi connectivity index (χ0) is 24.5. The third-order valence-electron chi connectivity index (χ3n) is 5.73. The van der Waals surface area contributed by atoms with Crippen molar-refractivity contribution >= 4 is 11.6 Å². The van der Waals surface area contributed by atoms with Gasteiger partial charge in [0.15, 0.2) is 0 Å². The number of ether oxygens (including phenoxy) is 2. The molecule has 1 aromatic heterocycles. The van der Waals surface area contributed by atoms with Crippen LogP contribution in [0.4, 0.5) is 8.78 Å². The van der Waals surface area contributed by atoms with E-state index in [2.05, 4.69) is 16.3 Å². The Morgan fingerprint density at radius 1 is 1.09 bits per heavy atom. The van der Waals surface area contributed by atoms with Crippen LogP contribution in [0.5, 0.6) is 11.6 Å². The molecule has 2 heterocycles. The first-order chi connectivity index (χ1) is 17.0. The Bertz CT molecular complexity index is 1450. The van der Waals surface area contributed by atoms with Crippen LogP contribution in [0, 0.1) is 23.0 Å². The molecule has 3 N–H and O–H groups in total. The van der Waals surface area contributed by atoms with Crippen LogP contribution in [-0.2, 0) is 6.61 Å². The molecule has 0 radical (unpaired) electrons. The Morgan fingerprint density at radius 3 is 2.51 bits per heavy atom. The Morgan fingerprint density at radius 2 is 1.83 bits per heavy atom. The molecule has 0 bridgehead atoms. The fraction of sp³-hybridized carbons (Fsp3) is 0.0769. The molecular formula is C26H17ClF2N4O2. The predicted octanol–water partition coefficient (Wildman–Crippen LogP) is 5.81. The number of aromatic nitrogens is 2. The van der Waals surface area contributed by atoms with Crippen molar-refractivity contribution in [2.75, 3.05) is 0 Å². The van der Waals surface area contributed by atoms with Crippen LogP contribution in [0.25, 0.3) is 11.3 Å². The van der Waals surface area contributed by atoms with Crippen LogP contribution in [-0.4, -0.2) is 10.2 Å². The minimum atomic E-state index is -0.586. The zero-order valence-corrected chi connectivity index (χ0v) is 18.8. The molecular weight excluding hydrogens is 474 g/mol. The van der Waals surface area contributed by atoms with Crippen molar-refractivity contribution in [3.05, 3.63) is 112 Å². The number of aromatic amines is 1. The SMILES string of the molecule is N#CC1=C(N)Oc2n[nH]c(-c3ccc(F)cc3)c2[C@@H]1c1ccc(OCc2c(F)cccc2Cl)cc1. The first kappa shape index (κ1) is 22.4. The topological polar surface area (TPSA) is 97.0 Å². The summed E-state index contributed by atoms with van der Waals surface area (Å²) in [5.41, 5.74) is 9.10. The van der Waals surface area contributed by atoms with Crippen LogP contribution in [0.1, 0.15) is 22.6 Å². The molecule has 35 heavy (non-hydrogen) atoms. The third kappa shape index (κ3) is 4.18. The van der Waals surface area contributed by atoms with Crippen molar-refractivity contribution in [2.24, 2.45) is 5.73 Å². The molecule has 3 aromatic carbocycles. The lowest BCUT2D eigenvalue weighted by Crippen LogP contribution is -2.21. The van der Waals surface area contributed by atoms with Crippen molar-refractivity contribution < 1.29 is 18.3 Å². The highest BCUT2D eigenvalue weighted by Crippen LogP contribution is 2.45. The van der Waals surface area contributed by atoms with Gasteiger partial charge in [0, 0.05) is 11.1 Å². The van der Waals surface area contributed by atoms with Crippen molar-refractivity contribution in [3.63, 3.8) is 0 Å². The predicted molar refractivity (Wildman–Crippen MR) is 125 cm³/mol. The summed E-state index contributed by atoms with van der Waals surface area (Å²) in [4.78, 5) is 0. The van der Waals surface area contributed by atoms with Crippen molar-refractivity contribution in [1.82, 2.24) is 10.2 Å². The van der Waals surface area contributed by atoms with Crippen molar-refractivity contribution in [3.8, 4) is 29.0 Å². The van der Waals surface area contributed by atoms with E-state index in [0.717, 1.165) is 5.56 Å². The molecule has 0 aliphatic carbocycles. The summed E-state index contributed by atoms with van der Waals surface area (Å²) < 4.78 is 38.8. The number of halogens is 3. The molecule has 1 aliphatic rings. The number of nitrogens with zero attached hydrogens (tertiary/aromatic N) is 2. The lowest BCUT2D eigenvalue weighted by Gasteiger charge is -2.24. The van der Waals surface area contributed by atoms with Gasteiger partial charge in [-0.3, -0.25) is 5.10 Å². The zero-order valence-electron chi connectivity index (χ0n) is 18.1. The Kier molecular flexibility index (Phi) is 5.85. The van der Waals surface area contributed by atoms with Gasteiger partial charge in [-0.05, 0) is 54.1 Å². The molecule has 6 nitrogen and oxygen atoms in total.